The van der Waals surface area contributed by atoms with Gasteiger partial charge in [0.2, 0.25) is 0 Å². The molecule has 0 radical (unpaired) electrons. The van der Waals surface area contributed by atoms with E-state index in [2.05, 4.69) is 36.5 Å². The Bertz CT molecular complexity index is 641. The van der Waals surface area contributed by atoms with E-state index in [-0.39, 0.29) is 0 Å². The molecule has 0 atom stereocenters. The highest BCUT2D eigenvalue weighted by atomic mass is 16.5. The van der Waals surface area contributed by atoms with Gasteiger partial charge in [0, 0.05) is 17.7 Å². The largest absolute Gasteiger partial charge is 0.455 e. The molecule has 0 unspecified atom stereocenters. The molecule has 3 N–H and O–H groups in total. The highest BCUT2D eigenvalue weighted by molar-refractivity contribution is 5.87. The quantitative estimate of drug-likeness (QED) is 0.870. The van der Waals surface area contributed by atoms with Gasteiger partial charge in [-0.1, -0.05) is 43.2 Å². The summed E-state index contributed by atoms with van der Waals surface area (Å²) >= 11 is 0. The van der Waals surface area contributed by atoms with Crippen LogP contribution in [0.1, 0.15) is 38.2 Å². The number of rotatable bonds is 5. The van der Waals surface area contributed by atoms with Crippen molar-refractivity contribution in [2.75, 3.05) is 13.1 Å². The van der Waals surface area contributed by atoms with Crippen LogP contribution in [-0.2, 0) is 0 Å². The molecule has 0 saturated heterocycles. The van der Waals surface area contributed by atoms with E-state index >= 15 is 0 Å². The number of nitrogens with two attached hydrogens (primary N) is 1. The van der Waals surface area contributed by atoms with Crippen LogP contribution in [0.3, 0.4) is 0 Å². The van der Waals surface area contributed by atoms with Gasteiger partial charge in [0.1, 0.15) is 5.75 Å². The first-order valence-electron chi connectivity index (χ1n) is 8.19. The van der Waals surface area contributed by atoms with E-state index in [1.165, 1.54) is 16.7 Å². The van der Waals surface area contributed by atoms with Crippen molar-refractivity contribution in [1.29, 1.82) is 0 Å². The molecule has 0 bridgehead atoms. The van der Waals surface area contributed by atoms with Crippen LogP contribution in [0, 0.1) is 0 Å². The maximum absolute atomic E-state index is 6.07. The van der Waals surface area contributed by atoms with Crippen LogP contribution in [0.15, 0.2) is 53.4 Å². The van der Waals surface area contributed by atoms with Gasteiger partial charge >= 0.3 is 0 Å². The third-order valence-corrected chi connectivity index (χ3v) is 4.13. The maximum Gasteiger partial charge on any atom is 0.150 e. The minimum atomic E-state index is 0.734. The predicted octanol–water partition coefficient (Wildman–Crippen LogP) is 3.74. The first kappa shape index (κ1) is 14.9. The number of hydrogen-bond donors (Lipinski definition) is 2. The fourth-order valence-corrected chi connectivity index (χ4v) is 3.17. The van der Waals surface area contributed by atoms with E-state index in [1.54, 1.807) is 0 Å². The Morgan fingerprint density at radius 2 is 2.14 bits per heavy atom. The maximum atomic E-state index is 6.07. The second-order valence-corrected chi connectivity index (χ2v) is 5.74. The molecule has 2 heterocycles. The summed E-state index contributed by atoms with van der Waals surface area (Å²) in [5, 5.41) is 3.51. The Morgan fingerprint density at radius 3 is 2.95 bits per heavy atom. The molecule has 0 aliphatic carbocycles. The van der Waals surface area contributed by atoms with Crippen molar-refractivity contribution in [2.45, 2.75) is 32.6 Å². The second-order valence-electron chi connectivity index (χ2n) is 5.74. The Balaban J connectivity index is 2.15. The van der Waals surface area contributed by atoms with Crippen molar-refractivity contribution in [3.8, 4) is 5.75 Å². The number of hydrogen-bond acceptors (Lipinski definition) is 3. The summed E-state index contributed by atoms with van der Waals surface area (Å²) in [5.41, 5.74) is 10.9. The molecule has 0 spiro atoms. The van der Waals surface area contributed by atoms with Crippen molar-refractivity contribution >= 4 is 5.57 Å². The molecular formula is C19H24N2O. The van der Waals surface area contributed by atoms with Crippen LogP contribution in [-0.4, -0.2) is 13.1 Å². The SMILES string of the molecule is CCC/C(CCCN)=C1/C2=C(C=CCN2)Oc2ccccc21. The summed E-state index contributed by atoms with van der Waals surface area (Å²) in [5.74, 6) is 1.88. The number of dihydropyridines is 1. The Morgan fingerprint density at radius 1 is 1.27 bits per heavy atom. The highest BCUT2D eigenvalue weighted by Gasteiger charge is 2.26. The van der Waals surface area contributed by atoms with Gasteiger partial charge in [0.05, 0.1) is 5.70 Å². The topological polar surface area (TPSA) is 47.3 Å². The zero-order valence-corrected chi connectivity index (χ0v) is 13.2. The third kappa shape index (κ3) is 2.81. The van der Waals surface area contributed by atoms with Crippen molar-refractivity contribution in [3.63, 3.8) is 0 Å². The van der Waals surface area contributed by atoms with Crippen molar-refractivity contribution < 1.29 is 4.74 Å². The van der Waals surface area contributed by atoms with E-state index in [1.807, 2.05) is 12.1 Å². The highest BCUT2D eigenvalue weighted by Crippen LogP contribution is 2.41. The number of fused-ring (bicyclic) bond motifs is 1. The summed E-state index contributed by atoms with van der Waals surface area (Å²) in [7, 11) is 0. The first-order valence-corrected chi connectivity index (χ1v) is 8.19. The zero-order chi connectivity index (χ0) is 15.4. The normalized spacial score (nSPS) is 18.3. The zero-order valence-electron chi connectivity index (χ0n) is 13.2. The lowest BCUT2D eigenvalue weighted by Gasteiger charge is -2.29. The van der Waals surface area contributed by atoms with E-state index < -0.39 is 0 Å². The molecule has 2 aliphatic heterocycles. The summed E-state index contributed by atoms with van der Waals surface area (Å²) in [6, 6.07) is 8.32. The number of para-hydroxylation sites is 1. The van der Waals surface area contributed by atoms with Crippen LogP contribution < -0.4 is 15.8 Å². The van der Waals surface area contributed by atoms with Crippen LogP contribution in [0.2, 0.25) is 0 Å². The lowest BCUT2D eigenvalue weighted by Crippen LogP contribution is -2.25. The molecular weight excluding hydrogens is 272 g/mol. The average Bonchev–Trinajstić information content (AvgIpc) is 2.56. The Kier molecular flexibility index (Phi) is 4.64. The van der Waals surface area contributed by atoms with Crippen LogP contribution in [0.25, 0.3) is 5.57 Å². The van der Waals surface area contributed by atoms with E-state index in [0.29, 0.717) is 0 Å². The van der Waals surface area contributed by atoms with Gasteiger partial charge < -0.3 is 15.8 Å². The van der Waals surface area contributed by atoms with Crippen molar-refractivity contribution in [1.82, 2.24) is 5.32 Å². The number of benzene rings is 1. The molecule has 0 saturated carbocycles. The smallest absolute Gasteiger partial charge is 0.150 e. The minimum Gasteiger partial charge on any atom is -0.455 e. The first-order chi connectivity index (χ1) is 10.8. The second kappa shape index (κ2) is 6.84. The fourth-order valence-electron chi connectivity index (χ4n) is 3.17. The molecule has 1 aromatic rings. The molecule has 0 aromatic heterocycles. The van der Waals surface area contributed by atoms with Gasteiger partial charge in [-0.15, -0.1) is 0 Å². The number of allylic oxidation sites excluding steroid dienone is 3. The molecule has 1 aromatic carbocycles. The van der Waals surface area contributed by atoms with Gasteiger partial charge in [-0.2, -0.15) is 0 Å². The van der Waals surface area contributed by atoms with Crippen LogP contribution in [0.4, 0.5) is 0 Å². The van der Waals surface area contributed by atoms with Gasteiger partial charge in [-0.3, -0.25) is 0 Å². The molecule has 0 fully saturated rings. The summed E-state index contributed by atoms with van der Waals surface area (Å²) < 4.78 is 6.07. The van der Waals surface area contributed by atoms with E-state index in [4.69, 9.17) is 10.5 Å². The number of nitrogens with one attached hydrogen (secondary N) is 1. The lowest BCUT2D eigenvalue weighted by molar-refractivity contribution is 0.424. The molecule has 22 heavy (non-hydrogen) atoms. The molecule has 0 amide bonds. The molecule has 3 heteroatoms. The predicted molar refractivity (Wildman–Crippen MR) is 91.4 cm³/mol. The van der Waals surface area contributed by atoms with Crippen LogP contribution >= 0.6 is 0 Å². The third-order valence-electron chi connectivity index (χ3n) is 4.13. The Labute approximate surface area is 132 Å². The molecule has 116 valence electrons. The van der Waals surface area contributed by atoms with Gasteiger partial charge in [0.15, 0.2) is 5.76 Å². The summed E-state index contributed by atoms with van der Waals surface area (Å²) in [6.45, 7) is 3.82. The van der Waals surface area contributed by atoms with Crippen molar-refractivity contribution in [2.24, 2.45) is 5.73 Å². The van der Waals surface area contributed by atoms with E-state index in [0.717, 1.165) is 56.0 Å². The van der Waals surface area contributed by atoms with E-state index in [9.17, 15) is 0 Å². The molecule has 3 rings (SSSR count). The Hall–Kier alpha value is -2.00. The van der Waals surface area contributed by atoms with Gasteiger partial charge in [0.25, 0.3) is 0 Å². The fraction of sp³-hybridized carbons (Fsp3) is 0.368. The van der Waals surface area contributed by atoms with Gasteiger partial charge in [-0.05, 0) is 37.9 Å². The van der Waals surface area contributed by atoms with Gasteiger partial charge in [-0.25, -0.2) is 0 Å². The number of ether oxygens (including phenoxy) is 1. The average molecular weight is 296 g/mol. The minimum absolute atomic E-state index is 0.734. The molecule has 3 nitrogen and oxygen atoms in total. The summed E-state index contributed by atoms with van der Waals surface area (Å²) in [6.07, 6.45) is 8.51. The summed E-state index contributed by atoms with van der Waals surface area (Å²) in [4.78, 5) is 0. The monoisotopic (exact) mass is 296 g/mol. The standard InChI is InChI=1S/C19H24N2O/c1-2-7-14(8-5-12-20)18-15-9-3-4-10-16(15)22-17-11-6-13-21-19(17)18/h3-4,6,9-11,21H,2,5,7-8,12-13,20H2,1H3/b18-14-. The van der Waals surface area contributed by atoms with Crippen LogP contribution in [0.5, 0.6) is 5.75 Å². The molecule has 2 aliphatic rings. The van der Waals surface area contributed by atoms with Crippen molar-refractivity contribution in [3.05, 3.63) is 59.0 Å². The lowest BCUT2D eigenvalue weighted by atomic mass is 9.88.